The fraction of sp³-hybridized carbons (Fsp3) is 0.647. The minimum Gasteiger partial charge on any atom is -0.494 e. The Labute approximate surface area is 122 Å². The molecule has 1 saturated heterocycles. The maximum absolute atomic E-state index is 5.81. The van der Waals surface area contributed by atoms with E-state index in [0.717, 1.165) is 31.7 Å². The van der Waals surface area contributed by atoms with Crippen LogP contribution in [0.15, 0.2) is 24.3 Å². The molecule has 1 N–H and O–H groups in total. The van der Waals surface area contributed by atoms with Crippen molar-refractivity contribution in [2.75, 3.05) is 19.8 Å². The van der Waals surface area contributed by atoms with Gasteiger partial charge in [-0.15, -0.1) is 0 Å². The summed E-state index contributed by atoms with van der Waals surface area (Å²) in [6.45, 7) is 9.01. The summed E-state index contributed by atoms with van der Waals surface area (Å²) >= 11 is 0. The standard InChI is InChI=1S/C17H27NO2/c1-4-11-18-17(14-10-12-20-13(14)3)15-8-6-7-9-16(15)19-5-2/h6-9,13-14,17-18H,4-5,10-12H2,1-3H3. The first kappa shape index (κ1) is 15.3. The Bertz CT molecular complexity index is 408. The van der Waals surface area contributed by atoms with Crippen molar-refractivity contribution in [1.82, 2.24) is 5.32 Å². The Balaban J connectivity index is 2.25. The van der Waals surface area contributed by atoms with Gasteiger partial charge >= 0.3 is 0 Å². The summed E-state index contributed by atoms with van der Waals surface area (Å²) in [4.78, 5) is 0. The van der Waals surface area contributed by atoms with Crippen molar-refractivity contribution in [2.24, 2.45) is 5.92 Å². The van der Waals surface area contributed by atoms with Gasteiger partial charge in [-0.25, -0.2) is 0 Å². The van der Waals surface area contributed by atoms with Gasteiger partial charge in [-0.3, -0.25) is 0 Å². The molecule has 1 aliphatic rings. The van der Waals surface area contributed by atoms with Gasteiger partial charge in [0.05, 0.1) is 12.7 Å². The Hall–Kier alpha value is -1.06. The van der Waals surface area contributed by atoms with Gasteiger partial charge in [0.25, 0.3) is 0 Å². The minimum atomic E-state index is 0.305. The molecule has 3 heteroatoms. The zero-order valence-electron chi connectivity index (χ0n) is 12.9. The molecule has 112 valence electrons. The summed E-state index contributed by atoms with van der Waals surface area (Å²) in [5.41, 5.74) is 1.27. The largest absolute Gasteiger partial charge is 0.494 e. The van der Waals surface area contributed by atoms with E-state index in [9.17, 15) is 0 Å². The Morgan fingerprint density at radius 1 is 1.35 bits per heavy atom. The second kappa shape index (κ2) is 7.65. The molecule has 0 spiro atoms. The monoisotopic (exact) mass is 277 g/mol. The van der Waals surface area contributed by atoms with E-state index in [1.165, 1.54) is 5.56 Å². The summed E-state index contributed by atoms with van der Waals surface area (Å²) in [6, 6.07) is 8.71. The fourth-order valence-electron chi connectivity index (χ4n) is 3.00. The van der Waals surface area contributed by atoms with E-state index in [-0.39, 0.29) is 0 Å². The number of hydrogen-bond acceptors (Lipinski definition) is 3. The second-order valence-electron chi connectivity index (χ2n) is 5.43. The van der Waals surface area contributed by atoms with Crippen LogP contribution in [0.3, 0.4) is 0 Å². The highest BCUT2D eigenvalue weighted by Crippen LogP contribution is 2.37. The summed E-state index contributed by atoms with van der Waals surface area (Å²) in [7, 11) is 0. The molecule has 0 aromatic heterocycles. The van der Waals surface area contributed by atoms with Gasteiger partial charge < -0.3 is 14.8 Å². The topological polar surface area (TPSA) is 30.5 Å². The molecule has 2 rings (SSSR count). The predicted octanol–water partition coefficient (Wildman–Crippen LogP) is 3.55. The maximum atomic E-state index is 5.81. The summed E-state index contributed by atoms with van der Waals surface area (Å²) in [6.07, 6.45) is 2.55. The fourth-order valence-corrected chi connectivity index (χ4v) is 3.00. The molecule has 3 nitrogen and oxygen atoms in total. The van der Waals surface area contributed by atoms with E-state index < -0.39 is 0 Å². The highest BCUT2D eigenvalue weighted by molar-refractivity contribution is 5.36. The van der Waals surface area contributed by atoms with Gasteiger partial charge in [-0.05, 0) is 39.3 Å². The molecule has 1 heterocycles. The number of nitrogens with one attached hydrogen (secondary N) is 1. The molecule has 1 aliphatic heterocycles. The molecule has 20 heavy (non-hydrogen) atoms. The summed E-state index contributed by atoms with van der Waals surface area (Å²) in [5.74, 6) is 1.52. The van der Waals surface area contributed by atoms with Crippen LogP contribution in [0.4, 0.5) is 0 Å². The van der Waals surface area contributed by atoms with Gasteiger partial charge in [-0.1, -0.05) is 25.1 Å². The van der Waals surface area contributed by atoms with Crippen molar-refractivity contribution in [3.05, 3.63) is 29.8 Å². The van der Waals surface area contributed by atoms with E-state index in [4.69, 9.17) is 9.47 Å². The van der Waals surface area contributed by atoms with Crippen molar-refractivity contribution in [1.29, 1.82) is 0 Å². The molecule has 1 aromatic rings. The first-order valence-corrected chi connectivity index (χ1v) is 7.84. The first-order valence-electron chi connectivity index (χ1n) is 7.84. The number of para-hydroxylation sites is 1. The van der Waals surface area contributed by atoms with Gasteiger partial charge in [0.15, 0.2) is 0 Å². The van der Waals surface area contributed by atoms with E-state index in [0.29, 0.717) is 24.7 Å². The van der Waals surface area contributed by atoms with Crippen LogP contribution < -0.4 is 10.1 Å². The number of rotatable bonds is 7. The molecule has 3 atom stereocenters. The summed E-state index contributed by atoms with van der Waals surface area (Å²) in [5, 5.41) is 3.70. The van der Waals surface area contributed by atoms with Crippen LogP contribution in [0, 0.1) is 5.92 Å². The minimum absolute atomic E-state index is 0.305. The number of hydrogen-bond donors (Lipinski definition) is 1. The Kier molecular flexibility index (Phi) is 5.86. The van der Waals surface area contributed by atoms with Crippen LogP contribution in [0.25, 0.3) is 0 Å². The molecule has 0 amide bonds. The Morgan fingerprint density at radius 2 is 2.15 bits per heavy atom. The quantitative estimate of drug-likeness (QED) is 0.826. The summed E-state index contributed by atoms with van der Waals surface area (Å²) < 4.78 is 11.6. The molecule has 0 radical (unpaired) electrons. The normalized spacial score (nSPS) is 23.8. The van der Waals surface area contributed by atoms with Crippen LogP contribution in [-0.4, -0.2) is 25.9 Å². The van der Waals surface area contributed by atoms with E-state index in [2.05, 4.69) is 37.4 Å². The molecular weight excluding hydrogens is 250 g/mol. The molecule has 0 aliphatic carbocycles. The zero-order chi connectivity index (χ0) is 14.4. The van der Waals surface area contributed by atoms with E-state index in [1.54, 1.807) is 0 Å². The lowest BCUT2D eigenvalue weighted by molar-refractivity contribution is 0.0950. The lowest BCUT2D eigenvalue weighted by Gasteiger charge is -2.28. The van der Waals surface area contributed by atoms with Crippen LogP contribution in [0.2, 0.25) is 0 Å². The van der Waals surface area contributed by atoms with E-state index >= 15 is 0 Å². The average Bonchev–Trinajstić information content (AvgIpc) is 2.88. The van der Waals surface area contributed by atoms with Gasteiger partial charge in [-0.2, -0.15) is 0 Å². The first-order chi connectivity index (χ1) is 9.77. The van der Waals surface area contributed by atoms with Crippen LogP contribution in [-0.2, 0) is 4.74 Å². The second-order valence-corrected chi connectivity index (χ2v) is 5.43. The predicted molar refractivity (Wildman–Crippen MR) is 82.2 cm³/mol. The van der Waals surface area contributed by atoms with Crippen molar-refractivity contribution in [3.8, 4) is 5.75 Å². The lowest BCUT2D eigenvalue weighted by atomic mass is 9.87. The maximum Gasteiger partial charge on any atom is 0.124 e. The van der Waals surface area contributed by atoms with Crippen LogP contribution in [0.5, 0.6) is 5.75 Å². The third-order valence-corrected chi connectivity index (χ3v) is 4.03. The SMILES string of the molecule is CCCNC(c1ccccc1OCC)C1CCOC1C. The highest BCUT2D eigenvalue weighted by Gasteiger charge is 2.33. The molecule has 0 bridgehead atoms. The van der Waals surface area contributed by atoms with Crippen LogP contribution >= 0.6 is 0 Å². The molecule has 1 aromatic carbocycles. The van der Waals surface area contributed by atoms with Crippen molar-refractivity contribution in [3.63, 3.8) is 0 Å². The van der Waals surface area contributed by atoms with Crippen molar-refractivity contribution < 1.29 is 9.47 Å². The molecule has 0 saturated carbocycles. The van der Waals surface area contributed by atoms with Crippen molar-refractivity contribution in [2.45, 2.75) is 45.8 Å². The smallest absolute Gasteiger partial charge is 0.124 e. The average molecular weight is 277 g/mol. The number of benzene rings is 1. The zero-order valence-corrected chi connectivity index (χ0v) is 12.9. The third-order valence-electron chi connectivity index (χ3n) is 4.03. The lowest BCUT2D eigenvalue weighted by Crippen LogP contribution is -2.32. The number of ether oxygens (including phenoxy) is 2. The molecule has 3 unspecified atom stereocenters. The highest BCUT2D eigenvalue weighted by atomic mass is 16.5. The molecular formula is C17H27NO2. The van der Waals surface area contributed by atoms with Gasteiger partial charge in [0.1, 0.15) is 5.75 Å². The third kappa shape index (κ3) is 3.53. The van der Waals surface area contributed by atoms with E-state index in [1.807, 2.05) is 13.0 Å². The van der Waals surface area contributed by atoms with Gasteiger partial charge in [0.2, 0.25) is 0 Å². The van der Waals surface area contributed by atoms with Crippen molar-refractivity contribution >= 4 is 0 Å². The Morgan fingerprint density at radius 3 is 2.80 bits per heavy atom. The van der Waals surface area contributed by atoms with Gasteiger partial charge in [0, 0.05) is 24.1 Å². The van der Waals surface area contributed by atoms with Crippen LogP contribution in [0.1, 0.15) is 45.2 Å². The molecule has 1 fully saturated rings.